The molecule has 0 aliphatic rings. The zero-order chi connectivity index (χ0) is 7.84. The number of aryl methyl sites for hydroxylation is 1. The Labute approximate surface area is 76.4 Å². The van der Waals surface area contributed by atoms with Crippen molar-refractivity contribution in [2.75, 3.05) is 0 Å². The van der Waals surface area contributed by atoms with E-state index in [1.807, 2.05) is 18.5 Å². The number of rotatable bonds is 0. The molecule has 0 aliphatic heterocycles. The lowest BCUT2D eigenvalue weighted by atomic mass is 10.5. The molecule has 4 heteroatoms. The molecule has 0 fully saturated rings. The van der Waals surface area contributed by atoms with Crippen LogP contribution in [-0.4, -0.2) is 9.97 Å². The Morgan fingerprint density at radius 1 is 1.55 bits per heavy atom. The van der Waals surface area contributed by atoms with Crippen molar-refractivity contribution in [2.24, 2.45) is 0 Å². The Hall–Kier alpha value is -0.480. The molecule has 0 radical (unpaired) electrons. The van der Waals surface area contributed by atoms with E-state index in [0.29, 0.717) is 0 Å². The van der Waals surface area contributed by atoms with E-state index in [9.17, 15) is 0 Å². The molecule has 0 saturated heterocycles. The van der Waals surface area contributed by atoms with Gasteiger partial charge in [0.1, 0.15) is 5.82 Å². The maximum atomic E-state index is 4.29. The van der Waals surface area contributed by atoms with E-state index >= 15 is 0 Å². The molecule has 0 aliphatic carbocycles. The predicted octanol–water partition coefficient (Wildman–Crippen LogP) is 2.76. The SMILES string of the molecule is Cc1ncc2scc(Br)c2n1. The minimum Gasteiger partial charge on any atom is -0.240 e. The minimum absolute atomic E-state index is 0.816. The number of hydrogen-bond acceptors (Lipinski definition) is 3. The zero-order valence-electron chi connectivity index (χ0n) is 5.84. The van der Waals surface area contributed by atoms with Crippen LogP contribution >= 0.6 is 27.3 Å². The van der Waals surface area contributed by atoms with Gasteiger partial charge >= 0.3 is 0 Å². The van der Waals surface area contributed by atoms with Crippen molar-refractivity contribution in [1.82, 2.24) is 9.97 Å². The Morgan fingerprint density at radius 3 is 3.18 bits per heavy atom. The highest BCUT2D eigenvalue weighted by Crippen LogP contribution is 2.27. The Balaban J connectivity index is 2.87. The molecule has 0 bridgehead atoms. The fraction of sp³-hybridized carbons (Fsp3) is 0.143. The second-order valence-corrected chi connectivity index (χ2v) is 3.98. The number of fused-ring (bicyclic) bond motifs is 1. The Kier molecular flexibility index (Phi) is 1.65. The molecule has 2 heterocycles. The maximum absolute atomic E-state index is 4.29. The average molecular weight is 229 g/mol. The van der Waals surface area contributed by atoms with Crippen molar-refractivity contribution in [1.29, 1.82) is 0 Å². The first-order valence-corrected chi connectivity index (χ1v) is 4.81. The molecule has 0 unspecified atom stereocenters. The quantitative estimate of drug-likeness (QED) is 0.694. The van der Waals surface area contributed by atoms with Gasteiger partial charge in [-0.15, -0.1) is 11.3 Å². The van der Waals surface area contributed by atoms with Crippen molar-refractivity contribution >= 4 is 37.5 Å². The summed E-state index contributed by atoms with van der Waals surface area (Å²) in [6, 6.07) is 0. The van der Waals surface area contributed by atoms with E-state index in [1.54, 1.807) is 11.3 Å². The topological polar surface area (TPSA) is 25.8 Å². The van der Waals surface area contributed by atoms with Crippen LogP contribution in [0.2, 0.25) is 0 Å². The first kappa shape index (κ1) is 7.18. The maximum Gasteiger partial charge on any atom is 0.126 e. The highest BCUT2D eigenvalue weighted by Gasteiger charge is 2.02. The third-order valence-corrected chi connectivity index (χ3v) is 3.21. The molecule has 2 aromatic heterocycles. The van der Waals surface area contributed by atoms with Crippen LogP contribution in [0.3, 0.4) is 0 Å². The van der Waals surface area contributed by atoms with E-state index in [-0.39, 0.29) is 0 Å². The number of nitrogens with zero attached hydrogens (tertiary/aromatic N) is 2. The molecule has 0 atom stereocenters. The third-order valence-electron chi connectivity index (χ3n) is 1.39. The van der Waals surface area contributed by atoms with Crippen LogP contribution in [0.25, 0.3) is 10.2 Å². The van der Waals surface area contributed by atoms with E-state index < -0.39 is 0 Å². The first-order chi connectivity index (χ1) is 5.27. The van der Waals surface area contributed by atoms with E-state index in [0.717, 1.165) is 20.5 Å². The van der Waals surface area contributed by atoms with E-state index in [2.05, 4.69) is 25.9 Å². The molecule has 11 heavy (non-hydrogen) atoms. The summed E-state index contributed by atoms with van der Waals surface area (Å²) in [5.41, 5.74) is 1.02. The van der Waals surface area contributed by atoms with Crippen LogP contribution in [0.1, 0.15) is 5.82 Å². The summed E-state index contributed by atoms with van der Waals surface area (Å²) in [7, 11) is 0. The van der Waals surface area contributed by atoms with Crippen molar-refractivity contribution in [3.8, 4) is 0 Å². The standard InChI is InChI=1S/C7H5BrN2S/c1-4-9-2-6-7(10-4)5(8)3-11-6/h2-3H,1H3. The fourth-order valence-corrected chi connectivity index (χ4v) is 2.32. The number of thiophene rings is 1. The van der Waals surface area contributed by atoms with Gasteiger partial charge in [-0.2, -0.15) is 0 Å². The van der Waals surface area contributed by atoms with Gasteiger partial charge in [0.15, 0.2) is 0 Å². The largest absolute Gasteiger partial charge is 0.240 e. The fourth-order valence-electron chi connectivity index (χ4n) is 0.887. The van der Waals surface area contributed by atoms with Gasteiger partial charge in [-0.1, -0.05) is 0 Å². The molecule has 0 amide bonds. The van der Waals surface area contributed by atoms with Crippen LogP contribution in [0, 0.1) is 6.92 Å². The summed E-state index contributed by atoms with van der Waals surface area (Å²) in [5, 5.41) is 2.03. The van der Waals surface area contributed by atoms with Crippen LogP contribution in [0.15, 0.2) is 16.0 Å². The average Bonchev–Trinajstić information content (AvgIpc) is 2.33. The Morgan fingerprint density at radius 2 is 2.36 bits per heavy atom. The van der Waals surface area contributed by atoms with Crippen molar-refractivity contribution in [2.45, 2.75) is 6.92 Å². The monoisotopic (exact) mass is 228 g/mol. The summed E-state index contributed by atoms with van der Waals surface area (Å²) in [5.74, 6) is 0.816. The summed E-state index contributed by atoms with van der Waals surface area (Å²) in [6.07, 6.45) is 1.85. The molecule has 56 valence electrons. The molecule has 2 nitrogen and oxygen atoms in total. The smallest absolute Gasteiger partial charge is 0.126 e. The predicted molar refractivity (Wildman–Crippen MR) is 49.9 cm³/mol. The third kappa shape index (κ3) is 1.16. The lowest BCUT2D eigenvalue weighted by Gasteiger charge is -1.90. The first-order valence-electron chi connectivity index (χ1n) is 3.14. The minimum atomic E-state index is 0.816. The molecular weight excluding hydrogens is 224 g/mol. The molecule has 0 saturated carbocycles. The Bertz CT molecular complexity index is 396. The molecular formula is C7H5BrN2S. The van der Waals surface area contributed by atoms with Gasteiger partial charge in [0.05, 0.1) is 14.7 Å². The van der Waals surface area contributed by atoms with Gasteiger partial charge in [-0.3, -0.25) is 0 Å². The van der Waals surface area contributed by atoms with Gasteiger partial charge in [0.2, 0.25) is 0 Å². The molecule has 0 N–H and O–H groups in total. The van der Waals surface area contributed by atoms with E-state index in [4.69, 9.17) is 0 Å². The lowest BCUT2D eigenvalue weighted by molar-refractivity contribution is 1.09. The number of halogens is 1. The normalized spacial score (nSPS) is 10.7. The second kappa shape index (κ2) is 2.53. The lowest BCUT2D eigenvalue weighted by Crippen LogP contribution is -1.84. The number of aromatic nitrogens is 2. The molecule has 0 spiro atoms. The summed E-state index contributed by atoms with van der Waals surface area (Å²) < 4.78 is 2.19. The van der Waals surface area contributed by atoms with Crippen molar-refractivity contribution in [3.63, 3.8) is 0 Å². The highest BCUT2D eigenvalue weighted by molar-refractivity contribution is 9.10. The van der Waals surface area contributed by atoms with Crippen LogP contribution in [0.5, 0.6) is 0 Å². The van der Waals surface area contributed by atoms with Crippen molar-refractivity contribution in [3.05, 3.63) is 21.9 Å². The summed E-state index contributed by atoms with van der Waals surface area (Å²) in [4.78, 5) is 8.39. The van der Waals surface area contributed by atoms with Gasteiger partial charge in [-0.25, -0.2) is 9.97 Å². The van der Waals surface area contributed by atoms with Gasteiger partial charge in [-0.05, 0) is 22.9 Å². The van der Waals surface area contributed by atoms with Gasteiger partial charge in [0, 0.05) is 11.6 Å². The molecule has 2 rings (SSSR count). The van der Waals surface area contributed by atoms with E-state index in [1.165, 1.54) is 0 Å². The molecule has 0 aromatic carbocycles. The summed E-state index contributed by atoms with van der Waals surface area (Å²) >= 11 is 5.07. The van der Waals surface area contributed by atoms with Gasteiger partial charge < -0.3 is 0 Å². The highest BCUT2D eigenvalue weighted by atomic mass is 79.9. The van der Waals surface area contributed by atoms with Crippen LogP contribution in [-0.2, 0) is 0 Å². The van der Waals surface area contributed by atoms with Crippen molar-refractivity contribution < 1.29 is 0 Å². The second-order valence-electron chi connectivity index (χ2n) is 2.21. The molecule has 2 aromatic rings. The van der Waals surface area contributed by atoms with Crippen LogP contribution in [0.4, 0.5) is 0 Å². The van der Waals surface area contributed by atoms with Crippen LogP contribution < -0.4 is 0 Å². The van der Waals surface area contributed by atoms with Gasteiger partial charge in [0.25, 0.3) is 0 Å². The zero-order valence-corrected chi connectivity index (χ0v) is 8.24. The summed E-state index contributed by atoms with van der Waals surface area (Å²) in [6.45, 7) is 1.89. The number of hydrogen-bond donors (Lipinski definition) is 0.